The second kappa shape index (κ2) is 9.78. The van der Waals surface area contributed by atoms with Gasteiger partial charge in [-0.3, -0.25) is 4.79 Å². The van der Waals surface area contributed by atoms with Gasteiger partial charge in [0.1, 0.15) is 5.75 Å². The van der Waals surface area contributed by atoms with Crippen LogP contribution in [0.5, 0.6) is 5.75 Å². The van der Waals surface area contributed by atoms with Crippen LogP contribution in [-0.4, -0.2) is 32.5 Å². The monoisotopic (exact) mass is 388 g/mol. The van der Waals surface area contributed by atoms with Crippen LogP contribution in [-0.2, 0) is 11.8 Å². The number of carbonyl (C=O) groups is 1. The Labute approximate surface area is 165 Å². The van der Waals surface area contributed by atoms with E-state index < -0.39 is 0 Å². The van der Waals surface area contributed by atoms with Gasteiger partial charge in [0.2, 0.25) is 5.91 Å². The first-order chi connectivity index (χ1) is 13.1. The predicted octanol–water partition coefficient (Wildman–Crippen LogP) is 3.89. The molecule has 1 aromatic carbocycles. The van der Waals surface area contributed by atoms with Gasteiger partial charge >= 0.3 is 0 Å². The molecule has 7 heteroatoms. The minimum atomic E-state index is -0.223. The summed E-state index contributed by atoms with van der Waals surface area (Å²) in [6, 6.07) is 9.99. The first-order valence-corrected chi connectivity index (χ1v) is 10.6. The number of thioether (sulfide) groups is 1. The van der Waals surface area contributed by atoms with Crippen LogP contribution in [0.25, 0.3) is 0 Å². The molecule has 6 nitrogen and oxygen atoms in total. The second-order valence-corrected chi connectivity index (χ2v) is 7.96. The van der Waals surface area contributed by atoms with Crippen molar-refractivity contribution in [3.8, 4) is 5.75 Å². The lowest BCUT2D eigenvalue weighted by Gasteiger charge is -2.16. The fourth-order valence-corrected chi connectivity index (χ4v) is 4.11. The van der Waals surface area contributed by atoms with Gasteiger partial charge in [0.25, 0.3) is 0 Å². The Balaban J connectivity index is 1.51. The molecule has 1 saturated carbocycles. The normalized spacial score (nSPS) is 16.5. The summed E-state index contributed by atoms with van der Waals surface area (Å²) >= 11 is 1.42. The minimum absolute atomic E-state index is 0.0741. The molecule has 146 valence electrons. The smallest absolute Gasteiger partial charge is 0.230 e. The molecule has 1 aliphatic rings. The van der Waals surface area contributed by atoms with Crippen LogP contribution >= 0.6 is 11.8 Å². The number of benzene rings is 1. The zero-order chi connectivity index (χ0) is 19.1. The average molecular weight is 389 g/mol. The van der Waals surface area contributed by atoms with Crippen LogP contribution < -0.4 is 10.1 Å². The fraction of sp³-hybridized carbons (Fsp3) is 0.550. The van der Waals surface area contributed by atoms with Gasteiger partial charge in [0, 0.05) is 13.1 Å². The molecule has 2 aromatic rings. The molecule has 0 radical (unpaired) electrons. The summed E-state index contributed by atoms with van der Waals surface area (Å²) in [6.45, 7) is 1.95. The Morgan fingerprint density at radius 1 is 1.22 bits per heavy atom. The predicted molar refractivity (Wildman–Crippen MR) is 107 cm³/mol. The molecule has 1 atom stereocenters. The van der Waals surface area contributed by atoms with Crippen molar-refractivity contribution in [2.45, 2.75) is 62.8 Å². The van der Waals surface area contributed by atoms with Gasteiger partial charge in [-0.15, -0.1) is 10.2 Å². The quantitative estimate of drug-likeness (QED) is 0.576. The number of nitrogens with one attached hydrogen (secondary N) is 1. The largest absolute Gasteiger partial charge is 0.483 e. The second-order valence-electron chi connectivity index (χ2n) is 7.02. The number of hydrogen-bond donors (Lipinski definition) is 1. The zero-order valence-electron chi connectivity index (χ0n) is 16.1. The lowest BCUT2D eigenvalue weighted by Crippen LogP contribution is -2.35. The molecular formula is C20H28N4O2S. The lowest BCUT2D eigenvalue weighted by atomic mass is 10.1. The number of aromatic nitrogens is 3. The van der Waals surface area contributed by atoms with Crippen LogP contribution in [0.1, 0.15) is 57.4 Å². The zero-order valence-corrected chi connectivity index (χ0v) is 16.9. The highest BCUT2D eigenvalue weighted by molar-refractivity contribution is 7.99. The number of hydrogen-bond acceptors (Lipinski definition) is 5. The maximum atomic E-state index is 12.3. The Kier molecular flexibility index (Phi) is 7.15. The molecule has 1 N–H and O–H groups in total. The van der Waals surface area contributed by atoms with E-state index in [9.17, 15) is 4.79 Å². The summed E-state index contributed by atoms with van der Waals surface area (Å²) in [6.07, 6.45) is 6.96. The summed E-state index contributed by atoms with van der Waals surface area (Å²) in [5.74, 6) is 1.97. The van der Waals surface area contributed by atoms with E-state index in [1.807, 2.05) is 48.9 Å². The first-order valence-electron chi connectivity index (χ1n) is 9.66. The van der Waals surface area contributed by atoms with Crippen molar-refractivity contribution < 1.29 is 9.53 Å². The summed E-state index contributed by atoms with van der Waals surface area (Å²) in [4.78, 5) is 12.3. The Hall–Kier alpha value is -2.02. The van der Waals surface area contributed by atoms with Gasteiger partial charge in [-0.05, 0) is 31.9 Å². The lowest BCUT2D eigenvalue weighted by molar-refractivity contribution is -0.119. The van der Waals surface area contributed by atoms with Crippen molar-refractivity contribution in [1.82, 2.24) is 20.1 Å². The number of rotatable bonds is 7. The number of amides is 1. The van der Waals surface area contributed by atoms with Crippen molar-refractivity contribution in [3.63, 3.8) is 0 Å². The molecule has 1 heterocycles. The Bertz CT molecular complexity index is 727. The van der Waals surface area contributed by atoms with E-state index in [0.717, 1.165) is 29.6 Å². The molecule has 0 aliphatic heterocycles. The van der Waals surface area contributed by atoms with E-state index in [4.69, 9.17) is 4.74 Å². The van der Waals surface area contributed by atoms with E-state index in [0.29, 0.717) is 11.8 Å². The van der Waals surface area contributed by atoms with E-state index >= 15 is 0 Å². The molecule has 1 fully saturated rings. The van der Waals surface area contributed by atoms with Crippen LogP contribution in [0, 0.1) is 0 Å². The highest BCUT2D eigenvalue weighted by Gasteiger charge is 2.19. The topological polar surface area (TPSA) is 69.0 Å². The summed E-state index contributed by atoms with van der Waals surface area (Å²) in [5.41, 5.74) is 0. The van der Waals surface area contributed by atoms with Crippen molar-refractivity contribution in [1.29, 1.82) is 0 Å². The third kappa shape index (κ3) is 5.73. The fourth-order valence-electron chi connectivity index (χ4n) is 3.38. The number of nitrogens with zero attached hydrogens (tertiary/aromatic N) is 3. The maximum absolute atomic E-state index is 12.3. The Morgan fingerprint density at radius 2 is 1.93 bits per heavy atom. The summed E-state index contributed by atoms with van der Waals surface area (Å²) in [7, 11) is 1.91. The van der Waals surface area contributed by atoms with Crippen molar-refractivity contribution >= 4 is 17.7 Å². The molecule has 1 amide bonds. The van der Waals surface area contributed by atoms with Gasteiger partial charge in [0.15, 0.2) is 17.1 Å². The number of para-hydroxylation sites is 1. The first kappa shape index (κ1) is 19.7. The molecule has 27 heavy (non-hydrogen) atoms. The van der Waals surface area contributed by atoms with Crippen LogP contribution in [0.3, 0.4) is 0 Å². The van der Waals surface area contributed by atoms with Crippen molar-refractivity contribution in [2.24, 2.45) is 7.05 Å². The van der Waals surface area contributed by atoms with E-state index in [-0.39, 0.29) is 12.0 Å². The molecule has 1 aromatic heterocycles. The van der Waals surface area contributed by atoms with Gasteiger partial charge in [-0.2, -0.15) is 0 Å². The van der Waals surface area contributed by atoms with Gasteiger partial charge < -0.3 is 14.6 Å². The van der Waals surface area contributed by atoms with Crippen molar-refractivity contribution in [3.05, 3.63) is 36.2 Å². The van der Waals surface area contributed by atoms with E-state index in [1.54, 1.807) is 0 Å². The standard InChI is InChI=1S/C20H28N4O2S/c1-15(26-17-12-8-5-9-13-17)19-22-23-20(24(19)2)27-14-18(25)21-16-10-6-3-4-7-11-16/h5,8-9,12-13,15-16H,3-4,6-7,10-11,14H2,1-2H3,(H,21,25). The van der Waals surface area contributed by atoms with Gasteiger partial charge in [-0.25, -0.2) is 0 Å². The highest BCUT2D eigenvalue weighted by Crippen LogP contribution is 2.23. The van der Waals surface area contributed by atoms with Crippen molar-refractivity contribution in [2.75, 3.05) is 5.75 Å². The van der Waals surface area contributed by atoms with E-state index in [2.05, 4.69) is 15.5 Å². The molecular weight excluding hydrogens is 360 g/mol. The Morgan fingerprint density at radius 3 is 2.63 bits per heavy atom. The molecule has 1 unspecified atom stereocenters. The van der Waals surface area contributed by atoms with E-state index in [1.165, 1.54) is 37.4 Å². The van der Waals surface area contributed by atoms with Crippen LogP contribution in [0.2, 0.25) is 0 Å². The molecule has 0 bridgehead atoms. The highest BCUT2D eigenvalue weighted by atomic mass is 32.2. The maximum Gasteiger partial charge on any atom is 0.230 e. The molecule has 0 spiro atoms. The molecule has 3 rings (SSSR count). The van der Waals surface area contributed by atoms with Gasteiger partial charge in [-0.1, -0.05) is 55.6 Å². The SMILES string of the molecule is CC(Oc1ccccc1)c1nnc(SCC(=O)NC2CCCCCC2)n1C. The average Bonchev–Trinajstić information content (AvgIpc) is 2.86. The minimum Gasteiger partial charge on any atom is -0.483 e. The van der Waals surface area contributed by atoms with Gasteiger partial charge in [0.05, 0.1) is 5.75 Å². The summed E-state index contributed by atoms with van der Waals surface area (Å²) in [5, 5.41) is 12.4. The number of ether oxygens (including phenoxy) is 1. The van der Waals surface area contributed by atoms with Crippen LogP contribution in [0.15, 0.2) is 35.5 Å². The summed E-state index contributed by atoms with van der Waals surface area (Å²) < 4.78 is 7.82. The number of carbonyl (C=O) groups excluding carboxylic acids is 1. The van der Waals surface area contributed by atoms with Crippen LogP contribution in [0.4, 0.5) is 0 Å². The third-order valence-corrected chi connectivity index (χ3v) is 5.86. The molecule has 0 saturated heterocycles. The third-order valence-electron chi connectivity index (χ3n) is 4.84. The molecule has 1 aliphatic carbocycles.